The Morgan fingerprint density at radius 3 is 1.81 bits per heavy atom. The van der Waals surface area contributed by atoms with Gasteiger partial charge >= 0.3 is 0 Å². The lowest BCUT2D eigenvalue weighted by Gasteiger charge is -2.06. The van der Waals surface area contributed by atoms with E-state index in [9.17, 15) is 8.78 Å². The first kappa shape index (κ1) is 16.9. The van der Waals surface area contributed by atoms with Crippen molar-refractivity contribution < 1.29 is 8.78 Å². The summed E-state index contributed by atoms with van der Waals surface area (Å²) in [6, 6.07) is 19.3. The second-order valence-corrected chi connectivity index (χ2v) is 6.09. The molecule has 0 bridgehead atoms. The predicted octanol–water partition coefficient (Wildman–Crippen LogP) is 4.85. The Morgan fingerprint density at radius 2 is 1.15 bits per heavy atom. The maximum Gasteiger partial charge on any atom is 0.209 e. The maximum absolute atomic E-state index is 13.9. The summed E-state index contributed by atoms with van der Waals surface area (Å²) in [7, 11) is 0. The van der Waals surface area contributed by atoms with E-state index in [1.54, 1.807) is 0 Å². The van der Waals surface area contributed by atoms with Crippen molar-refractivity contribution in [1.82, 2.24) is 20.4 Å². The normalized spacial score (nSPS) is 10.8. The minimum absolute atomic E-state index is 0.191. The molecule has 3 aromatic carbocycles. The zero-order chi connectivity index (χ0) is 18.8. The van der Waals surface area contributed by atoms with Gasteiger partial charge in [-0.15, -0.1) is 20.4 Å². The number of hydrogen-bond donors (Lipinski definition) is 0. The van der Waals surface area contributed by atoms with Gasteiger partial charge in [0.1, 0.15) is 11.6 Å². The minimum atomic E-state index is -0.757. The van der Waals surface area contributed by atoms with Crippen LogP contribution in [-0.2, 0) is 0 Å². The van der Waals surface area contributed by atoms with Crippen molar-refractivity contribution in [2.24, 2.45) is 0 Å². The zero-order valence-electron chi connectivity index (χ0n) is 14.4. The molecule has 0 atom stereocenters. The van der Waals surface area contributed by atoms with E-state index in [0.29, 0.717) is 5.56 Å². The van der Waals surface area contributed by atoms with Gasteiger partial charge in [0.15, 0.2) is 0 Å². The molecule has 4 nitrogen and oxygen atoms in total. The standard InChI is InChI=1S/C21H14F2N4/c1-13-8-10-14(11-9-13)15-4-2-5-16(12-15)20-24-26-21(27-25-20)19-17(22)6-3-7-18(19)23/h2-12H,1H3. The molecule has 0 aliphatic heterocycles. The number of nitrogens with zero attached hydrogens (tertiary/aromatic N) is 4. The molecule has 1 aromatic heterocycles. The third-order valence-electron chi connectivity index (χ3n) is 4.17. The molecule has 6 heteroatoms. The van der Waals surface area contributed by atoms with Crippen molar-refractivity contribution in [2.75, 3.05) is 0 Å². The largest absolute Gasteiger partial charge is 0.209 e. The highest BCUT2D eigenvalue weighted by molar-refractivity contribution is 5.70. The molecule has 0 fully saturated rings. The smallest absolute Gasteiger partial charge is 0.206 e. The van der Waals surface area contributed by atoms with Gasteiger partial charge in [0.25, 0.3) is 0 Å². The van der Waals surface area contributed by atoms with Crippen LogP contribution in [0.1, 0.15) is 5.56 Å². The van der Waals surface area contributed by atoms with Gasteiger partial charge in [0, 0.05) is 5.56 Å². The molecule has 0 aliphatic rings. The van der Waals surface area contributed by atoms with Crippen LogP contribution in [0.5, 0.6) is 0 Å². The fourth-order valence-corrected chi connectivity index (χ4v) is 2.74. The van der Waals surface area contributed by atoms with Crippen molar-refractivity contribution in [3.05, 3.63) is 83.9 Å². The van der Waals surface area contributed by atoms with Crippen molar-refractivity contribution in [1.29, 1.82) is 0 Å². The molecule has 0 radical (unpaired) electrons. The molecule has 132 valence electrons. The van der Waals surface area contributed by atoms with Crippen molar-refractivity contribution in [3.63, 3.8) is 0 Å². The highest BCUT2D eigenvalue weighted by Gasteiger charge is 2.15. The average Bonchev–Trinajstić information content (AvgIpc) is 2.69. The van der Waals surface area contributed by atoms with Crippen molar-refractivity contribution >= 4 is 0 Å². The van der Waals surface area contributed by atoms with Gasteiger partial charge in [-0.05, 0) is 36.2 Å². The minimum Gasteiger partial charge on any atom is -0.206 e. The summed E-state index contributed by atoms with van der Waals surface area (Å²) >= 11 is 0. The number of hydrogen-bond acceptors (Lipinski definition) is 4. The Hall–Kier alpha value is -3.54. The number of aromatic nitrogens is 4. The summed E-state index contributed by atoms with van der Waals surface area (Å²) in [4.78, 5) is 0. The van der Waals surface area contributed by atoms with E-state index >= 15 is 0 Å². The summed E-state index contributed by atoms with van der Waals surface area (Å²) in [5.41, 5.74) is 3.63. The first-order valence-electron chi connectivity index (χ1n) is 8.31. The van der Waals surface area contributed by atoms with E-state index in [-0.39, 0.29) is 17.2 Å². The predicted molar refractivity (Wildman–Crippen MR) is 98.6 cm³/mol. The molecule has 4 aromatic rings. The Kier molecular flexibility index (Phi) is 4.38. The van der Waals surface area contributed by atoms with Crippen LogP contribution in [0, 0.1) is 18.6 Å². The highest BCUT2D eigenvalue weighted by Crippen LogP contribution is 2.25. The van der Waals surface area contributed by atoms with Crippen LogP contribution < -0.4 is 0 Å². The van der Waals surface area contributed by atoms with Gasteiger partial charge in [0.2, 0.25) is 11.6 Å². The van der Waals surface area contributed by atoms with Crippen LogP contribution in [-0.4, -0.2) is 20.4 Å². The van der Waals surface area contributed by atoms with Gasteiger partial charge in [0.05, 0.1) is 5.56 Å². The van der Waals surface area contributed by atoms with Crippen LogP contribution >= 0.6 is 0 Å². The molecular formula is C21H14F2N4. The molecule has 0 amide bonds. The van der Waals surface area contributed by atoms with E-state index in [1.165, 1.54) is 11.6 Å². The average molecular weight is 360 g/mol. The number of aryl methyl sites for hydroxylation is 1. The van der Waals surface area contributed by atoms with Crippen molar-refractivity contribution in [3.8, 4) is 33.9 Å². The second kappa shape index (κ2) is 6.99. The van der Waals surface area contributed by atoms with Crippen LogP contribution in [0.4, 0.5) is 8.78 Å². The van der Waals surface area contributed by atoms with Crippen LogP contribution in [0.2, 0.25) is 0 Å². The van der Waals surface area contributed by atoms with Gasteiger partial charge in [-0.2, -0.15) is 0 Å². The summed E-state index contributed by atoms with van der Waals surface area (Å²) in [5, 5.41) is 15.7. The lowest BCUT2D eigenvalue weighted by Crippen LogP contribution is -2.02. The first-order valence-corrected chi connectivity index (χ1v) is 8.31. The Bertz CT molecular complexity index is 1070. The molecule has 0 aliphatic carbocycles. The number of benzene rings is 3. The molecule has 4 rings (SSSR count). The van der Waals surface area contributed by atoms with E-state index in [2.05, 4.69) is 20.4 Å². The first-order chi connectivity index (χ1) is 13.1. The maximum atomic E-state index is 13.9. The van der Waals surface area contributed by atoms with Crippen LogP contribution in [0.15, 0.2) is 66.7 Å². The summed E-state index contributed by atoms with van der Waals surface area (Å²) in [6.45, 7) is 2.03. The van der Waals surface area contributed by atoms with Gasteiger partial charge in [-0.3, -0.25) is 0 Å². The van der Waals surface area contributed by atoms with Gasteiger partial charge < -0.3 is 0 Å². The van der Waals surface area contributed by atoms with Crippen LogP contribution in [0.25, 0.3) is 33.9 Å². The van der Waals surface area contributed by atoms with E-state index in [1.807, 2.05) is 55.5 Å². The number of halogens is 2. The summed E-state index contributed by atoms with van der Waals surface area (Å²) in [6.07, 6.45) is 0. The topological polar surface area (TPSA) is 51.6 Å². The third kappa shape index (κ3) is 3.42. The Balaban J connectivity index is 1.69. The van der Waals surface area contributed by atoms with E-state index < -0.39 is 11.6 Å². The molecular weight excluding hydrogens is 346 g/mol. The third-order valence-corrected chi connectivity index (χ3v) is 4.17. The molecule has 27 heavy (non-hydrogen) atoms. The fourth-order valence-electron chi connectivity index (χ4n) is 2.74. The quantitative estimate of drug-likeness (QED) is 0.524. The monoisotopic (exact) mass is 360 g/mol. The molecule has 0 N–H and O–H groups in total. The lowest BCUT2D eigenvalue weighted by atomic mass is 10.0. The second-order valence-electron chi connectivity index (χ2n) is 6.09. The van der Waals surface area contributed by atoms with E-state index in [0.717, 1.165) is 23.3 Å². The molecule has 0 saturated heterocycles. The zero-order valence-corrected chi connectivity index (χ0v) is 14.4. The van der Waals surface area contributed by atoms with Crippen LogP contribution in [0.3, 0.4) is 0 Å². The Morgan fingerprint density at radius 1 is 0.593 bits per heavy atom. The molecule has 1 heterocycles. The van der Waals surface area contributed by atoms with E-state index in [4.69, 9.17) is 0 Å². The number of rotatable bonds is 3. The molecule has 0 unspecified atom stereocenters. The molecule has 0 spiro atoms. The SMILES string of the molecule is Cc1ccc(-c2cccc(-c3nnc(-c4c(F)cccc4F)nn3)c2)cc1. The summed E-state index contributed by atoms with van der Waals surface area (Å²) in [5.74, 6) is -1.42. The molecule has 0 saturated carbocycles. The summed E-state index contributed by atoms with van der Waals surface area (Å²) < 4.78 is 27.7. The Labute approximate surface area is 154 Å². The highest BCUT2D eigenvalue weighted by atomic mass is 19.1. The fraction of sp³-hybridized carbons (Fsp3) is 0.0476. The van der Waals surface area contributed by atoms with Gasteiger partial charge in [-0.25, -0.2) is 8.78 Å². The lowest BCUT2D eigenvalue weighted by molar-refractivity contribution is 0.585. The van der Waals surface area contributed by atoms with Gasteiger partial charge in [-0.1, -0.05) is 54.1 Å². The van der Waals surface area contributed by atoms with Crippen molar-refractivity contribution in [2.45, 2.75) is 6.92 Å².